The van der Waals surface area contributed by atoms with Crippen molar-refractivity contribution in [2.75, 3.05) is 0 Å². The van der Waals surface area contributed by atoms with Crippen LogP contribution in [0.5, 0.6) is 0 Å². The molecule has 2 rings (SSSR count). The van der Waals surface area contributed by atoms with Crippen LogP contribution in [0.3, 0.4) is 0 Å². The number of hydrogen-bond acceptors (Lipinski definition) is 2. The average molecular weight is 203 g/mol. The van der Waals surface area contributed by atoms with Crippen LogP contribution in [0, 0.1) is 0 Å². The zero-order valence-corrected chi connectivity index (χ0v) is 9.11. The molecule has 0 amide bonds. The van der Waals surface area contributed by atoms with Gasteiger partial charge in [0.15, 0.2) is 0 Å². The highest BCUT2D eigenvalue weighted by Crippen LogP contribution is 2.44. The third-order valence-corrected chi connectivity index (χ3v) is 3.46. The first-order valence-corrected chi connectivity index (χ1v) is 5.60. The lowest BCUT2D eigenvalue weighted by Crippen LogP contribution is -2.45. The van der Waals surface area contributed by atoms with Crippen molar-refractivity contribution in [1.29, 1.82) is 0 Å². The van der Waals surface area contributed by atoms with E-state index in [0.717, 1.165) is 31.4 Å². The molecule has 1 atom stereocenters. The van der Waals surface area contributed by atoms with Crippen LogP contribution < -0.4 is 0 Å². The quantitative estimate of drug-likeness (QED) is 0.593. The van der Waals surface area contributed by atoms with Gasteiger partial charge in [-0.3, -0.25) is 0 Å². The van der Waals surface area contributed by atoms with Crippen LogP contribution in [-0.2, 0) is 5.41 Å². The van der Waals surface area contributed by atoms with Crippen LogP contribution in [0.1, 0.15) is 38.2 Å². The van der Waals surface area contributed by atoms with E-state index in [1.165, 1.54) is 5.56 Å². The largest absolute Gasteiger partial charge is 0.411 e. The fourth-order valence-corrected chi connectivity index (χ4v) is 2.59. The molecule has 1 saturated carbocycles. The Morgan fingerprint density at radius 1 is 1.33 bits per heavy atom. The van der Waals surface area contributed by atoms with Crippen molar-refractivity contribution in [3.63, 3.8) is 0 Å². The molecule has 1 unspecified atom stereocenters. The summed E-state index contributed by atoms with van der Waals surface area (Å²) in [5.74, 6) is 0. The van der Waals surface area contributed by atoms with Crippen LogP contribution in [0.2, 0.25) is 0 Å². The van der Waals surface area contributed by atoms with E-state index in [4.69, 9.17) is 5.21 Å². The van der Waals surface area contributed by atoms with Gasteiger partial charge in [-0.1, -0.05) is 48.8 Å². The number of benzene rings is 1. The summed E-state index contributed by atoms with van der Waals surface area (Å²) < 4.78 is 0. The average Bonchev–Trinajstić information content (AvgIpc) is 2.26. The van der Waals surface area contributed by atoms with Gasteiger partial charge in [-0.25, -0.2) is 0 Å². The highest BCUT2D eigenvalue weighted by atomic mass is 16.4. The van der Waals surface area contributed by atoms with Crippen molar-refractivity contribution >= 4 is 5.71 Å². The van der Waals surface area contributed by atoms with Gasteiger partial charge in [-0.15, -0.1) is 0 Å². The van der Waals surface area contributed by atoms with Gasteiger partial charge in [0.25, 0.3) is 0 Å². The topological polar surface area (TPSA) is 32.6 Å². The summed E-state index contributed by atoms with van der Waals surface area (Å²) in [4.78, 5) is 0. The summed E-state index contributed by atoms with van der Waals surface area (Å²) in [6.07, 6.45) is 4.25. The fraction of sp³-hybridized carbons (Fsp3) is 0.462. The summed E-state index contributed by atoms with van der Waals surface area (Å²) in [6.45, 7) is 2.18. The van der Waals surface area contributed by atoms with Crippen molar-refractivity contribution in [2.24, 2.45) is 5.16 Å². The molecule has 1 N–H and O–H groups in total. The lowest BCUT2D eigenvalue weighted by Gasteiger charge is -2.43. The molecule has 1 aliphatic carbocycles. The van der Waals surface area contributed by atoms with Crippen LogP contribution >= 0.6 is 0 Å². The molecule has 2 nitrogen and oxygen atoms in total. The standard InChI is InChI=1S/C13H17NO/c1-2-9-13(10-8-12(13)14-15)11-6-4-3-5-7-11/h3-7,15H,2,8-10H2,1H3. The van der Waals surface area contributed by atoms with Crippen LogP contribution in [0.15, 0.2) is 35.5 Å². The maximum atomic E-state index is 9.00. The van der Waals surface area contributed by atoms with Gasteiger partial charge in [-0.2, -0.15) is 0 Å². The summed E-state index contributed by atoms with van der Waals surface area (Å²) >= 11 is 0. The molecule has 1 aromatic rings. The van der Waals surface area contributed by atoms with E-state index < -0.39 is 0 Å². The summed E-state index contributed by atoms with van der Waals surface area (Å²) in [5.41, 5.74) is 2.28. The number of nitrogens with zero attached hydrogens (tertiary/aromatic N) is 1. The minimum atomic E-state index is 0.0325. The predicted octanol–water partition coefficient (Wildman–Crippen LogP) is 3.35. The molecule has 1 fully saturated rings. The number of hydrogen-bond donors (Lipinski definition) is 1. The Morgan fingerprint density at radius 2 is 2.07 bits per heavy atom. The van der Waals surface area contributed by atoms with Crippen LogP contribution in [0.4, 0.5) is 0 Å². The van der Waals surface area contributed by atoms with Crippen molar-refractivity contribution in [1.82, 2.24) is 0 Å². The monoisotopic (exact) mass is 203 g/mol. The number of oxime groups is 1. The highest BCUT2D eigenvalue weighted by molar-refractivity contribution is 5.99. The minimum absolute atomic E-state index is 0.0325. The summed E-state index contributed by atoms with van der Waals surface area (Å²) in [5, 5.41) is 12.5. The normalized spacial score (nSPS) is 27.7. The second kappa shape index (κ2) is 4.05. The lowest BCUT2D eigenvalue weighted by molar-refractivity contribution is 0.294. The van der Waals surface area contributed by atoms with Gasteiger partial charge < -0.3 is 5.21 Å². The van der Waals surface area contributed by atoms with Gasteiger partial charge in [0.05, 0.1) is 5.71 Å². The Labute approximate surface area is 90.6 Å². The molecule has 15 heavy (non-hydrogen) atoms. The molecule has 1 aliphatic rings. The first-order chi connectivity index (χ1) is 7.33. The van der Waals surface area contributed by atoms with E-state index in [1.54, 1.807) is 0 Å². The second-order valence-electron chi connectivity index (χ2n) is 4.24. The van der Waals surface area contributed by atoms with E-state index >= 15 is 0 Å². The highest BCUT2D eigenvalue weighted by Gasteiger charge is 2.44. The van der Waals surface area contributed by atoms with E-state index in [9.17, 15) is 0 Å². The Hall–Kier alpha value is -1.31. The van der Waals surface area contributed by atoms with E-state index in [2.05, 4.69) is 36.3 Å². The van der Waals surface area contributed by atoms with Crippen LogP contribution in [0.25, 0.3) is 0 Å². The Bertz CT molecular complexity index is 358. The van der Waals surface area contributed by atoms with Crippen molar-refractivity contribution in [3.8, 4) is 0 Å². The predicted molar refractivity (Wildman–Crippen MR) is 61.5 cm³/mol. The zero-order chi connectivity index (χ0) is 10.7. The van der Waals surface area contributed by atoms with Crippen molar-refractivity contribution in [3.05, 3.63) is 35.9 Å². The molecule has 0 heterocycles. The minimum Gasteiger partial charge on any atom is -0.411 e. The molecular formula is C13H17NO. The molecule has 80 valence electrons. The maximum absolute atomic E-state index is 9.00. The van der Waals surface area contributed by atoms with Crippen molar-refractivity contribution in [2.45, 2.75) is 38.0 Å². The molecule has 0 radical (unpaired) electrons. The molecule has 0 saturated heterocycles. The van der Waals surface area contributed by atoms with Gasteiger partial charge in [0.1, 0.15) is 0 Å². The molecule has 1 aromatic carbocycles. The smallest absolute Gasteiger partial charge is 0.0676 e. The van der Waals surface area contributed by atoms with Crippen molar-refractivity contribution < 1.29 is 5.21 Å². The van der Waals surface area contributed by atoms with Gasteiger partial charge in [0, 0.05) is 5.41 Å². The second-order valence-corrected chi connectivity index (χ2v) is 4.24. The molecule has 0 aromatic heterocycles. The third-order valence-electron chi connectivity index (χ3n) is 3.46. The third kappa shape index (κ3) is 1.54. The first-order valence-electron chi connectivity index (χ1n) is 5.60. The fourth-order valence-electron chi connectivity index (χ4n) is 2.59. The van der Waals surface area contributed by atoms with E-state index in [0.29, 0.717) is 0 Å². The Morgan fingerprint density at radius 3 is 2.53 bits per heavy atom. The molecule has 2 heteroatoms. The van der Waals surface area contributed by atoms with Gasteiger partial charge in [-0.05, 0) is 24.8 Å². The van der Waals surface area contributed by atoms with E-state index in [-0.39, 0.29) is 5.41 Å². The summed E-state index contributed by atoms with van der Waals surface area (Å²) in [7, 11) is 0. The Balaban J connectivity index is 2.36. The van der Waals surface area contributed by atoms with Crippen LogP contribution in [-0.4, -0.2) is 10.9 Å². The first kappa shape index (κ1) is 10.2. The molecule has 0 bridgehead atoms. The molecular weight excluding hydrogens is 186 g/mol. The SMILES string of the molecule is CCCC1(c2ccccc2)CCC1=NO. The summed E-state index contributed by atoms with van der Waals surface area (Å²) in [6, 6.07) is 10.4. The zero-order valence-electron chi connectivity index (χ0n) is 9.11. The van der Waals surface area contributed by atoms with Gasteiger partial charge in [0.2, 0.25) is 0 Å². The maximum Gasteiger partial charge on any atom is 0.0676 e. The lowest BCUT2D eigenvalue weighted by atomic mass is 9.60. The molecule has 0 spiro atoms. The number of rotatable bonds is 3. The van der Waals surface area contributed by atoms with Gasteiger partial charge >= 0.3 is 0 Å². The van der Waals surface area contributed by atoms with E-state index in [1.807, 2.05) is 6.07 Å². The molecule has 0 aliphatic heterocycles. The Kier molecular flexibility index (Phi) is 2.76.